The quantitative estimate of drug-likeness (QED) is 0.680. The Morgan fingerprint density at radius 3 is 2.86 bits per heavy atom. The number of aromatic nitrogens is 3. The van der Waals surface area contributed by atoms with Gasteiger partial charge in [-0.25, -0.2) is 5.10 Å². The molecule has 2 aromatic heterocycles. The summed E-state index contributed by atoms with van der Waals surface area (Å²) >= 11 is 8.70. The van der Waals surface area contributed by atoms with Crippen molar-refractivity contribution in [1.29, 1.82) is 0 Å². The first-order valence-corrected chi connectivity index (χ1v) is 8.59. The highest BCUT2D eigenvalue weighted by Crippen LogP contribution is 2.21. The summed E-state index contributed by atoms with van der Waals surface area (Å²) in [5, 5.41) is 12.6. The Morgan fingerprint density at radius 1 is 1.32 bits per heavy atom. The predicted molar refractivity (Wildman–Crippen MR) is 89.7 cm³/mol. The lowest BCUT2D eigenvalue weighted by Crippen LogP contribution is -2.11. The highest BCUT2D eigenvalue weighted by molar-refractivity contribution is 7.98. The third-order valence-electron chi connectivity index (χ3n) is 2.72. The molecule has 0 bridgehead atoms. The molecule has 3 rings (SSSR count). The van der Waals surface area contributed by atoms with Crippen LogP contribution >= 0.6 is 34.7 Å². The van der Waals surface area contributed by atoms with Gasteiger partial charge in [0, 0.05) is 10.8 Å². The van der Waals surface area contributed by atoms with E-state index in [1.807, 2.05) is 35.7 Å². The first kappa shape index (κ1) is 15.1. The summed E-state index contributed by atoms with van der Waals surface area (Å²) in [5.74, 6) is 0.880. The van der Waals surface area contributed by atoms with E-state index in [2.05, 4.69) is 20.5 Å². The summed E-state index contributed by atoms with van der Waals surface area (Å²) in [6.07, 6.45) is 0. The van der Waals surface area contributed by atoms with Gasteiger partial charge >= 0.3 is 0 Å². The second kappa shape index (κ2) is 6.95. The maximum Gasteiger partial charge on any atom is 0.268 e. The number of thiophene rings is 1. The smallest absolute Gasteiger partial charge is 0.268 e. The standard InChI is InChI=1S/C14H11ClN4OS2/c15-10-5-3-9(4-6-10)8-22-14-17-13(18-19-14)16-12(20)11-2-1-7-21-11/h1-7H,8H2,(H2,16,17,18,19,20). The molecular weight excluding hydrogens is 340 g/mol. The average Bonchev–Trinajstić information content (AvgIpc) is 3.18. The van der Waals surface area contributed by atoms with Crippen LogP contribution in [-0.4, -0.2) is 21.1 Å². The molecular formula is C14H11ClN4OS2. The maximum atomic E-state index is 11.9. The lowest BCUT2D eigenvalue weighted by atomic mass is 10.2. The second-order valence-corrected chi connectivity index (χ2v) is 6.64. The van der Waals surface area contributed by atoms with Crippen LogP contribution in [0, 0.1) is 0 Å². The van der Waals surface area contributed by atoms with Crippen molar-refractivity contribution in [2.24, 2.45) is 0 Å². The van der Waals surface area contributed by atoms with Crippen molar-refractivity contribution < 1.29 is 4.79 Å². The molecule has 112 valence electrons. The van der Waals surface area contributed by atoms with Crippen LogP contribution in [0.15, 0.2) is 46.9 Å². The normalized spacial score (nSPS) is 10.6. The fourth-order valence-corrected chi connectivity index (χ4v) is 3.17. The van der Waals surface area contributed by atoms with E-state index >= 15 is 0 Å². The molecule has 1 amide bonds. The molecule has 0 aliphatic heterocycles. The number of rotatable bonds is 5. The monoisotopic (exact) mass is 350 g/mol. The largest absolute Gasteiger partial charge is 0.290 e. The molecule has 0 aliphatic rings. The Hall–Kier alpha value is -1.83. The SMILES string of the molecule is O=C(Nc1nc(SCc2ccc(Cl)cc2)n[nH]1)c1cccs1. The fraction of sp³-hybridized carbons (Fsp3) is 0.0714. The van der Waals surface area contributed by atoms with Crippen LogP contribution in [0.1, 0.15) is 15.2 Å². The van der Waals surface area contributed by atoms with Crippen LogP contribution in [0.25, 0.3) is 0 Å². The van der Waals surface area contributed by atoms with Gasteiger partial charge in [-0.15, -0.1) is 16.4 Å². The van der Waals surface area contributed by atoms with E-state index < -0.39 is 0 Å². The molecule has 2 heterocycles. The van der Waals surface area contributed by atoms with Gasteiger partial charge in [-0.2, -0.15) is 4.98 Å². The van der Waals surface area contributed by atoms with Gasteiger partial charge < -0.3 is 0 Å². The number of carbonyl (C=O) groups excluding carboxylic acids is 1. The number of amides is 1. The van der Waals surface area contributed by atoms with Crippen LogP contribution in [0.4, 0.5) is 5.95 Å². The van der Waals surface area contributed by atoms with Crippen molar-refractivity contribution in [2.45, 2.75) is 10.9 Å². The number of halogens is 1. The molecule has 3 aromatic rings. The summed E-state index contributed by atoms with van der Waals surface area (Å²) in [4.78, 5) is 16.8. The number of nitrogens with zero attached hydrogens (tertiary/aromatic N) is 2. The van der Waals surface area contributed by atoms with Gasteiger partial charge in [0.05, 0.1) is 4.88 Å². The van der Waals surface area contributed by atoms with Crippen LogP contribution in [0.2, 0.25) is 5.02 Å². The molecule has 1 aromatic carbocycles. The van der Waals surface area contributed by atoms with E-state index in [9.17, 15) is 4.79 Å². The van der Waals surface area contributed by atoms with Crippen molar-refractivity contribution in [3.05, 3.63) is 57.2 Å². The zero-order valence-corrected chi connectivity index (χ0v) is 13.6. The molecule has 5 nitrogen and oxygen atoms in total. The first-order valence-electron chi connectivity index (χ1n) is 6.35. The van der Waals surface area contributed by atoms with E-state index in [1.165, 1.54) is 23.1 Å². The number of hydrogen-bond acceptors (Lipinski definition) is 5. The van der Waals surface area contributed by atoms with Crippen LogP contribution in [0.3, 0.4) is 0 Å². The van der Waals surface area contributed by atoms with Gasteiger partial charge in [0.1, 0.15) is 0 Å². The van der Waals surface area contributed by atoms with Gasteiger partial charge in [0.2, 0.25) is 11.1 Å². The number of nitrogens with one attached hydrogen (secondary N) is 2. The summed E-state index contributed by atoms with van der Waals surface area (Å²) in [7, 11) is 0. The molecule has 0 saturated heterocycles. The van der Waals surface area contributed by atoms with Gasteiger partial charge in [-0.05, 0) is 29.1 Å². The number of anilines is 1. The molecule has 0 radical (unpaired) electrons. The third kappa shape index (κ3) is 3.88. The summed E-state index contributed by atoms with van der Waals surface area (Å²) in [5.41, 5.74) is 1.13. The topological polar surface area (TPSA) is 70.7 Å². The Morgan fingerprint density at radius 2 is 2.14 bits per heavy atom. The predicted octanol–water partition coefficient (Wildman–Crippen LogP) is 4.06. The van der Waals surface area contributed by atoms with Crippen molar-refractivity contribution >= 4 is 46.6 Å². The van der Waals surface area contributed by atoms with Crippen LogP contribution in [-0.2, 0) is 5.75 Å². The van der Waals surface area contributed by atoms with E-state index in [-0.39, 0.29) is 5.91 Å². The zero-order chi connectivity index (χ0) is 15.4. The van der Waals surface area contributed by atoms with Crippen molar-refractivity contribution in [3.8, 4) is 0 Å². The van der Waals surface area contributed by atoms with E-state index in [1.54, 1.807) is 6.07 Å². The second-order valence-electron chi connectivity index (χ2n) is 4.31. The molecule has 8 heteroatoms. The van der Waals surface area contributed by atoms with Gasteiger partial charge in [0.15, 0.2) is 0 Å². The van der Waals surface area contributed by atoms with Gasteiger partial charge in [0.25, 0.3) is 5.91 Å². The molecule has 0 atom stereocenters. The van der Waals surface area contributed by atoms with Crippen molar-refractivity contribution in [3.63, 3.8) is 0 Å². The average molecular weight is 351 g/mol. The lowest BCUT2D eigenvalue weighted by molar-refractivity contribution is 0.102. The summed E-state index contributed by atoms with van der Waals surface area (Å²) < 4.78 is 0. The number of H-pyrrole nitrogens is 1. The Kier molecular flexibility index (Phi) is 4.77. The van der Waals surface area contributed by atoms with Crippen molar-refractivity contribution in [1.82, 2.24) is 15.2 Å². The van der Waals surface area contributed by atoms with Crippen LogP contribution in [0.5, 0.6) is 0 Å². The van der Waals surface area contributed by atoms with Gasteiger partial charge in [-0.3, -0.25) is 10.1 Å². The molecule has 0 saturated carbocycles. The van der Waals surface area contributed by atoms with E-state index in [0.717, 1.165) is 11.3 Å². The Labute approximate surface area is 140 Å². The summed E-state index contributed by atoms with van der Waals surface area (Å²) in [6.45, 7) is 0. The van der Waals surface area contributed by atoms with E-state index in [4.69, 9.17) is 11.6 Å². The number of aromatic amines is 1. The number of benzene rings is 1. The molecule has 2 N–H and O–H groups in total. The number of carbonyl (C=O) groups is 1. The molecule has 0 unspecified atom stereocenters. The maximum absolute atomic E-state index is 11.9. The minimum absolute atomic E-state index is 0.194. The molecule has 0 aliphatic carbocycles. The number of thioether (sulfide) groups is 1. The summed E-state index contributed by atoms with van der Waals surface area (Å²) in [6, 6.07) is 11.2. The third-order valence-corrected chi connectivity index (χ3v) is 4.76. The van der Waals surface area contributed by atoms with Crippen LogP contribution < -0.4 is 5.32 Å². The molecule has 0 spiro atoms. The Balaban J connectivity index is 1.57. The van der Waals surface area contributed by atoms with Gasteiger partial charge in [-0.1, -0.05) is 41.6 Å². The zero-order valence-electron chi connectivity index (χ0n) is 11.2. The molecule has 0 fully saturated rings. The van der Waals surface area contributed by atoms with E-state index in [0.29, 0.717) is 21.0 Å². The van der Waals surface area contributed by atoms with Crippen molar-refractivity contribution in [2.75, 3.05) is 5.32 Å². The Bertz CT molecular complexity index is 756. The highest BCUT2D eigenvalue weighted by atomic mass is 35.5. The fourth-order valence-electron chi connectivity index (χ4n) is 1.67. The first-order chi connectivity index (χ1) is 10.7. The highest BCUT2D eigenvalue weighted by Gasteiger charge is 2.10. The minimum Gasteiger partial charge on any atom is -0.290 e. The lowest BCUT2D eigenvalue weighted by Gasteiger charge is -1.98. The number of hydrogen-bond donors (Lipinski definition) is 2. The minimum atomic E-state index is -0.194. The molecule has 22 heavy (non-hydrogen) atoms.